The summed E-state index contributed by atoms with van der Waals surface area (Å²) in [5, 5.41) is 26.0. The van der Waals surface area contributed by atoms with Crippen molar-refractivity contribution in [3.05, 3.63) is 17.5 Å². The highest BCUT2D eigenvalue weighted by atomic mass is 28.4. The van der Waals surface area contributed by atoms with Gasteiger partial charge in [0.05, 0.1) is 25.0 Å². The molecule has 0 radical (unpaired) electrons. The van der Waals surface area contributed by atoms with E-state index in [2.05, 4.69) is 54.8 Å². The first-order valence-corrected chi connectivity index (χ1v) is 14.7. The molecule has 3 N–H and O–H groups in total. The number of carbonyl (C=O) groups is 2. The molecule has 3 heterocycles. The molecule has 2 atom stereocenters. The third kappa shape index (κ3) is 5.40. The number of hydroxylamine groups is 2. The van der Waals surface area contributed by atoms with Crippen LogP contribution in [-0.2, 0) is 15.8 Å². The molecule has 2 aliphatic heterocycles. The second kappa shape index (κ2) is 9.34. The van der Waals surface area contributed by atoms with Crippen molar-refractivity contribution in [1.29, 1.82) is 0 Å². The first-order chi connectivity index (χ1) is 16.1. The molecule has 0 spiro atoms. The van der Waals surface area contributed by atoms with Crippen LogP contribution in [0.2, 0.25) is 18.1 Å². The molecule has 1 fully saturated rings. The van der Waals surface area contributed by atoms with Crippen LogP contribution in [0.4, 0.5) is 9.59 Å². The van der Waals surface area contributed by atoms with E-state index in [9.17, 15) is 14.8 Å². The number of nitrogens with one attached hydrogen (secondary N) is 2. The molecule has 1 aromatic rings. The number of oxime groups is 1. The average Bonchev–Trinajstić information content (AvgIpc) is 3.24. The van der Waals surface area contributed by atoms with Gasteiger partial charge in [-0.05, 0) is 38.9 Å². The molecule has 1 aromatic heterocycles. The van der Waals surface area contributed by atoms with E-state index < -0.39 is 38.1 Å². The Morgan fingerprint density at radius 2 is 1.94 bits per heavy atom. The summed E-state index contributed by atoms with van der Waals surface area (Å²) in [5.41, 5.74) is 0.843. The van der Waals surface area contributed by atoms with Crippen molar-refractivity contribution in [2.75, 3.05) is 20.1 Å². The molecule has 196 valence electrons. The molecular weight excluding hydrogens is 470 g/mol. The summed E-state index contributed by atoms with van der Waals surface area (Å²) in [6.07, 6.45) is 1.14. The van der Waals surface area contributed by atoms with E-state index in [0.717, 1.165) is 10.6 Å². The topological polar surface area (TPSA) is 134 Å². The minimum absolute atomic E-state index is 0.0569. The number of hydrogen-bond acceptors (Lipinski definition) is 7. The summed E-state index contributed by atoms with van der Waals surface area (Å²) in [6.45, 7) is 16.9. The zero-order valence-electron chi connectivity index (χ0n) is 22.2. The second-order valence-corrected chi connectivity index (χ2v) is 16.1. The molecule has 3 amide bonds. The van der Waals surface area contributed by atoms with Crippen molar-refractivity contribution < 1.29 is 24.1 Å². The number of carbonyl (C=O) groups excluding carboxylic acids is 2. The Kier molecular flexibility index (Phi) is 7.15. The first kappa shape index (κ1) is 26.8. The standard InChI is InChI=1S/C22H39N7O5Si/c1-21(2,3)33-19(30)24-10-11-28-16-14(12-25-28)15-13-27(20(31)29(15)32)17(16)18(23-7)26-34-35(8,9)22(4,5)6/h12,15,17,32H,10-11,13H2,1-9H3,(H,23,26)(H,24,30)/t15-,17+/m1/s1. The van der Waals surface area contributed by atoms with Crippen molar-refractivity contribution in [2.45, 2.75) is 83.9 Å². The van der Waals surface area contributed by atoms with E-state index in [1.807, 2.05) is 0 Å². The Morgan fingerprint density at radius 1 is 1.29 bits per heavy atom. The molecule has 0 saturated carbocycles. The van der Waals surface area contributed by atoms with Gasteiger partial charge in [-0.15, -0.1) is 0 Å². The van der Waals surface area contributed by atoms with Gasteiger partial charge in [0.25, 0.3) is 8.32 Å². The zero-order chi connectivity index (χ0) is 26.3. The fourth-order valence-corrected chi connectivity index (χ4v) is 4.33. The van der Waals surface area contributed by atoms with Crippen LogP contribution in [0, 0.1) is 0 Å². The lowest BCUT2D eigenvalue weighted by Gasteiger charge is -2.35. The van der Waals surface area contributed by atoms with E-state index >= 15 is 0 Å². The third-order valence-corrected chi connectivity index (χ3v) is 10.8. The van der Waals surface area contributed by atoms with Crippen LogP contribution in [0.3, 0.4) is 0 Å². The van der Waals surface area contributed by atoms with Gasteiger partial charge in [-0.25, -0.2) is 9.59 Å². The summed E-state index contributed by atoms with van der Waals surface area (Å²) < 4.78 is 13.1. The SMILES string of the molecule is CN/C(=N\O[Si](C)(C)C(C)(C)C)[C@@H]1c2c(cnn2CCNC(=O)OC(C)(C)C)[C@H]2CN1C(=O)N2O. The van der Waals surface area contributed by atoms with Gasteiger partial charge >= 0.3 is 12.1 Å². The highest BCUT2D eigenvalue weighted by molar-refractivity contribution is 6.74. The van der Waals surface area contributed by atoms with E-state index in [4.69, 9.17) is 9.26 Å². The molecule has 1 saturated heterocycles. The summed E-state index contributed by atoms with van der Waals surface area (Å²) in [5.74, 6) is 0.444. The summed E-state index contributed by atoms with van der Waals surface area (Å²) in [6, 6.07) is -1.67. The van der Waals surface area contributed by atoms with E-state index in [1.54, 1.807) is 43.6 Å². The first-order valence-electron chi connectivity index (χ1n) is 11.8. The number of amidine groups is 1. The Bertz CT molecular complexity index is 995. The molecule has 0 unspecified atom stereocenters. The molecule has 0 aromatic carbocycles. The number of aromatic nitrogens is 2. The van der Waals surface area contributed by atoms with Crippen LogP contribution in [0.5, 0.6) is 0 Å². The van der Waals surface area contributed by atoms with E-state index in [1.165, 1.54) is 0 Å². The fourth-order valence-electron chi connectivity index (χ4n) is 3.73. The smallest absolute Gasteiger partial charge is 0.407 e. The van der Waals surface area contributed by atoms with Gasteiger partial charge < -0.3 is 24.8 Å². The maximum atomic E-state index is 12.9. The van der Waals surface area contributed by atoms with Gasteiger partial charge in [-0.2, -0.15) is 10.2 Å². The largest absolute Gasteiger partial charge is 0.453 e. The minimum Gasteiger partial charge on any atom is -0.453 e. The van der Waals surface area contributed by atoms with Crippen LogP contribution in [0.1, 0.15) is 64.9 Å². The minimum atomic E-state index is -2.22. The number of ether oxygens (including phenoxy) is 1. The van der Waals surface area contributed by atoms with Gasteiger partial charge in [-0.3, -0.25) is 9.89 Å². The normalized spacial score (nSPS) is 20.6. The number of nitrogens with zero attached hydrogens (tertiary/aromatic N) is 5. The fraction of sp³-hybridized carbons (Fsp3) is 0.727. The lowest BCUT2D eigenvalue weighted by molar-refractivity contribution is -0.0586. The predicted octanol–water partition coefficient (Wildman–Crippen LogP) is 3.19. The van der Waals surface area contributed by atoms with E-state index in [0.29, 0.717) is 24.6 Å². The zero-order valence-corrected chi connectivity index (χ0v) is 23.2. The molecule has 13 heteroatoms. The number of hydrogen-bond donors (Lipinski definition) is 3. The Hall–Kier alpha value is -2.80. The number of amides is 3. The van der Waals surface area contributed by atoms with Gasteiger partial charge in [-0.1, -0.05) is 25.9 Å². The van der Waals surface area contributed by atoms with Gasteiger partial charge in [0.15, 0.2) is 5.84 Å². The highest BCUT2D eigenvalue weighted by Gasteiger charge is 2.51. The molecule has 0 aliphatic carbocycles. The van der Waals surface area contributed by atoms with Crippen molar-refractivity contribution >= 4 is 26.3 Å². The molecular formula is C22H39N7O5Si. The number of fused-ring (bicyclic) bond motifs is 4. The van der Waals surface area contributed by atoms with Crippen molar-refractivity contribution in [3.63, 3.8) is 0 Å². The average molecular weight is 510 g/mol. The molecule has 3 rings (SSSR count). The highest BCUT2D eigenvalue weighted by Crippen LogP contribution is 2.43. The summed E-state index contributed by atoms with van der Waals surface area (Å²) in [4.78, 5) is 26.5. The van der Waals surface area contributed by atoms with Crippen molar-refractivity contribution in [1.82, 2.24) is 30.4 Å². The van der Waals surface area contributed by atoms with Crippen LogP contribution >= 0.6 is 0 Å². The van der Waals surface area contributed by atoms with Crippen LogP contribution in [-0.4, -0.2) is 77.0 Å². The van der Waals surface area contributed by atoms with Crippen LogP contribution in [0.15, 0.2) is 11.4 Å². The molecule has 12 nitrogen and oxygen atoms in total. The third-order valence-electron chi connectivity index (χ3n) is 6.63. The molecule has 2 bridgehead atoms. The lowest BCUT2D eigenvalue weighted by atomic mass is 9.97. The van der Waals surface area contributed by atoms with Crippen molar-refractivity contribution in [3.8, 4) is 0 Å². The number of urea groups is 1. The maximum absolute atomic E-state index is 12.9. The Morgan fingerprint density at radius 3 is 2.51 bits per heavy atom. The monoisotopic (exact) mass is 509 g/mol. The second-order valence-electron chi connectivity index (χ2n) is 11.4. The quantitative estimate of drug-likeness (QED) is 0.176. The number of likely N-dealkylation sites (N-methyl/N-ethyl adjacent to an activating group) is 1. The van der Waals surface area contributed by atoms with Crippen molar-refractivity contribution in [2.24, 2.45) is 5.16 Å². The summed E-state index contributed by atoms with van der Waals surface area (Å²) >= 11 is 0. The van der Waals surface area contributed by atoms with Gasteiger partial charge in [0, 0.05) is 19.2 Å². The molecule has 35 heavy (non-hydrogen) atoms. The number of rotatable bonds is 6. The maximum Gasteiger partial charge on any atom is 0.407 e. The number of alkyl carbamates (subject to hydrolysis) is 1. The Balaban J connectivity index is 1.91. The summed E-state index contributed by atoms with van der Waals surface area (Å²) in [7, 11) is -0.493. The van der Waals surface area contributed by atoms with Crippen LogP contribution < -0.4 is 10.6 Å². The van der Waals surface area contributed by atoms with Crippen LogP contribution in [0.25, 0.3) is 0 Å². The Labute approximate surface area is 207 Å². The predicted molar refractivity (Wildman–Crippen MR) is 132 cm³/mol. The van der Waals surface area contributed by atoms with E-state index in [-0.39, 0.29) is 11.6 Å². The molecule has 2 aliphatic rings. The van der Waals surface area contributed by atoms with Gasteiger partial charge in [0.2, 0.25) is 0 Å². The lowest BCUT2D eigenvalue weighted by Crippen LogP contribution is -2.45. The van der Waals surface area contributed by atoms with Gasteiger partial charge in [0.1, 0.15) is 17.7 Å².